The molecule has 212 valence electrons. The first-order valence-electron chi connectivity index (χ1n) is 13.6. The highest BCUT2D eigenvalue weighted by Gasteiger charge is 2.30. The van der Waals surface area contributed by atoms with E-state index in [1.54, 1.807) is 29.2 Å². The van der Waals surface area contributed by atoms with E-state index < -0.39 is 30.5 Å². The van der Waals surface area contributed by atoms with Gasteiger partial charge >= 0.3 is 12.1 Å². The molecule has 1 aliphatic heterocycles. The monoisotopic (exact) mass is 553 g/mol. The molecule has 1 fully saturated rings. The van der Waals surface area contributed by atoms with E-state index in [-0.39, 0.29) is 18.9 Å². The Balaban J connectivity index is 1.52. The van der Waals surface area contributed by atoms with E-state index >= 15 is 0 Å². The van der Waals surface area contributed by atoms with Crippen molar-refractivity contribution in [3.05, 3.63) is 83.0 Å². The summed E-state index contributed by atoms with van der Waals surface area (Å²) < 4.78 is 39.6. The molecule has 0 radical (unpaired) electrons. The fourth-order valence-electron chi connectivity index (χ4n) is 5.10. The van der Waals surface area contributed by atoms with Crippen LogP contribution in [0.4, 0.5) is 18.9 Å². The Kier molecular flexibility index (Phi) is 9.12. The number of carboxylic acid groups (broad SMARTS) is 1. The lowest BCUT2D eigenvalue weighted by molar-refractivity contribution is -0.143. The number of amides is 1. The van der Waals surface area contributed by atoms with Crippen LogP contribution in [0, 0.1) is 12.8 Å². The van der Waals surface area contributed by atoms with Crippen LogP contribution < -0.4 is 5.32 Å². The van der Waals surface area contributed by atoms with Crippen molar-refractivity contribution in [1.82, 2.24) is 9.88 Å². The summed E-state index contributed by atoms with van der Waals surface area (Å²) >= 11 is 0. The minimum Gasteiger partial charge on any atom is -0.481 e. The molecule has 9 heteroatoms. The number of pyridine rings is 1. The molecule has 2 heterocycles. The van der Waals surface area contributed by atoms with Gasteiger partial charge < -0.3 is 15.3 Å². The number of nitrogens with one attached hydrogen (secondary N) is 1. The smallest absolute Gasteiger partial charge is 0.389 e. The van der Waals surface area contributed by atoms with Crippen LogP contribution in [0.25, 0.3) is 11.3 Å². The number of hydrogen-bond donors (Lipinski definition) is 2. The predicted molar refractivity (Wildman–Crippen MR) is 148 cm³/mol. The molecule has 1 amide bonds. The van der Waals surface area contributed by atoms with Gasteiger partial charge in [0, 0.05) is 42.5 Å². The summed E-state index contributed by atoms with van der Waals surface area (Å²) in [5, 5.41) is 12.5. The Morgan fingerprint density at radius 3 is 2.48 bits per heavy atom. The Bertz CT molecular complexity index is 1320. The fourth-order valence-corrected chi connectivity index (χ4v) is 5.10. The van der Waals surface area contributed by atoms with Gasteiger partial charge in [-0.1, -0.05) is 25.1 Å². The number of alkyl halides is 3. The molecule has 2 N–H and O–H groups in total. The predicted octanol–water partition coefficient (Wildman–Crippen LogP) is 7.05. The van der Waals surface area contributed by atoms with Gasteiger partial charge in [-0.25, -0.2) is 0 Å². The summed E-state index contributed by atoms with van der Waals surface area (Å²) in [4.78, 5) is 30.4. The lowest BCUT2D eigenvalue weighted by Gasteiger charge is -2.30. The zero-order valence-corrected chi connectivity index (χ0v) is 22.7. The van der Waals surface area contributed by atoms with Gasteiger partial charge in [-0.2, -0.15) is 13.2 Å². The van der Waals surface area contributed by atoms with Crippen LogP contribution in [-0.4, -0.2) is 46.1 Å². The summed E-state index contributed by atoms with van der Waals surface area (Å²) in [5.41, 5.74) is 5.42. The standard InChI is InChI=1S/C31H34F3N3O3/c1-3-21-6-13-27(35-18-21)23-9-12-26(20(2)17-23)28(14-15-31(32,33)34)36-25-10-7-22(8-11-25)29(38)37-16-4-5-24(19-37)30(39)40/h6-13,17-18,24,28,36H,3-5,14-16,19H2,1-2H3,(H,39,40)/t24-,28?/m1/s1. The number of rotatable bonds is 9. The number of halogens is 3. The van der Waals surface area contributed by atoms with Gasteiger partial charge in [-0.3, -0.25) is 14.6 Å². The number of aromatic nitrogens is 1. The molecule has 2 aromatic carbocycles. The van der Waals surface area contributed by atoms with Gasteiger partial charge in [0.1, 0.15) is 0 Å². The molecule has 40 heavy (non-hydrogen) atoms. The van der Waals surface area contributed by atoms with E-state index in [2.05, 4.69) is 17.2 Å². The number of benzene rings is 2. The van der Waals surface area contributed by atoms with Crippen LogP contribution in [0.5, 0.6) is 0 Å². The second-order valence-corrected chi connectivity index (χ2v) is 10.3. The second-order valence-electron chi connectivity index (χ2n) is 10.3. The van der Waals surface area contributed by atoms with E-state index in [0.717, 1.165) is 34.4 Å². The Hall–Kier alpha value is -3.88. The van der Waals surface area contributed by atoms with Crippen LogP contribution in [0.3, 0.4) is 0 Å². The fraction of sp³-hybridized carbons (Fsp3) is 0.387. The van der Waals surface area contributed by atoms with Crippen molar-refractivity contribution in [2.75, 3.05) is 18.4 Å². The third-order valence-corrected chi connectivity index (χ3v) is 7.42. The molecule has 2 atom stereocenters. The van der Waals surface area contributed by atoms with Gasteiger partial charge in [0.05, 0.1) is 17.7 Å². The largest absolute Gasteiger partial charge is 0.481 e. The summed E-state index contributed by atoms with van der Waals surface area (Å²) in [6.07, 6.45) is -1.50. The number of carbonyl (C=O) groups excluding carboxylic acids is 1. The van der Waals surface area contributed by atoms with Crippen LogP contribution >= 0.6 is 0 Å². The number of aliphatic carboxylic acids is 1. The van der Waals surface area contributed by atoms with Crippen LogP contribution in [0.1, 0.15) is 65.7 Å². The number of carboxylic acids is 1. The van der Waals surface area contributed by atoms with E-state index in [1.807, 2.05) is 43.5 Å². The van der Waals surface area contributed by atoms with Gasteiger partial charge in [0.2, 0.25) is 0 Å². The first-order chi connectivity index (χ1) is 19.0. The number of carbonyl (C=O) groups is 2. The Morgan fingerprint density at radius 2 is 1.88 bits per heavy atom. The van der Waals surface area contributed by atoms with Gasteiger partial charge in [0.25, 0.3) is 5.91 Å². The molecule has 1 aliphatic rings. The van der Waals surface area contributed by atoms with Gasteiger partial charge in [0.15, 0.2) is 0 Å². The molecule has 3 aromatic rings. The molecular formula is C31H34F3N3O3. The molecule has 1 aromatic heterocycles. The maximum atomic E-state index is 13.2. The zero-order valence-electron chi connectivity index (χ0n) is 22.7. The summed E-state index contributed by atoms with van der Waals surface area (Å²) in [6.45, 7) is 4.60. The van der Waals surface area contributed by atoms with Crippen LogP contribution in [0.2, 0.25) is 0 Å². The molecule has 1 saturated heterocycles. The topological polar surface area (TPSA) is 82.5 Å². The lowest BCUT2D eigenvalue weighted by Crippen LogP contribution is -2.42. The molecule has 1 unspecified atom stereocenters. The first kappa shape index (κ1) is 29.1. The van der Waals surface area contributed by atoms with E-state index in [0.29, 0.717) is 30.6 Å². The average molecular weight is 554 g/mol. The minimum atomic E-state index is -4.29. The molecule has 4 rings (SSSR count). The third-order valence-electron chi connectivity index (χ3n) is 7.42. The number of nitrogens with zero attached hydrogens (tertiary/aromatic N) is 2. The first-order valence-corrected chi connectivity index (χ1v) is 13.6. The molecule has 6 nitrogen and oxygen atoms in total. The normalized spacial score (nSPS) is 16.4. The van der Waals surface area contributed by atoms with E-state index in [1.165, 1.54) is 0 Å². The number of anilines is 1. The van der Waals surface area contributed by atoms with Crippen LogP contribution in [-0.2, 0) is 11.2 Å². The maximum Gasteiger partial charge on any atom is 0.389 e. The zero-order chi connectivity index (χ0) is 28.9. The van der Waals surface area contributed by atoms with Gasteiger partial charge in [-0.15, -0.1) is 0 Å². The van der Waals surface area contributed by atoms with E-state index in [4.69, 9.17) is 0 Å². The average Bonchev–Trinajstić information content (AvgIpc) is 2.95. The molecule has 0 spiro atoms. The SMILES string of the molecule is CCc1ccc(-c2ccc(C(CCC(F)(F)F)Nc3ccc(C(=O)N4CCC[C@@H](C(=O)O)C4)cc3)c(C)c2)nc1. The maximum absolute atomic E-state index is 13.2. The number of likely N-dealkylation sites (tertiary alicyclic amines) is 1. The van der Waals surface area contributed by atoms with Crippen LogP contribution in [0.15, 0.2) is 60.8 Å². The highest BCUT2D eigenvalue weighted by Crippen LogP contribution is 2.33. The highest BCUT2D eigenvalue weighted by molar-refractivity contribution is 5.95. The van der Waals surface area contributed by atoms with Crippen molar-refractivity contribution in [3.63, 3.8) is 0 Å². The van der Waals surface area contributed by atoms with Crippen molar-refractivity contribution in [1.29, 1.82) is 0 Å². The number of aryl methyl sites for hydroxylation is 2. The van der Waals surface area contributed by atoms with Crippen molar-refractivity contribution in [2.45, 2.75) is 58.2 Å². The van der Waals surface area contributed by atoms with Crippen molar-refractivity contribution < 1.29 is 27.9 Å². The van der Waals surface area contributed by atoms with Gasteiger partial charge in [-0.05, 0) is 85.7 Å². The Morgan fingerprint density at radius 1 is 1.12 bits per heavy atom. The third kappa shape index (κ3) is 7.40. The highest BCUT2D eigenvalue weighted by atomic mass is 19.4. The minimum absolute atomic E-state index is 0.155. The molecular weight excluding hydrogens is 519 g/mol. The van der Waals surface area contributed by atoms with Crippen molar-refractivity contribution in [2.24, 2.45) is 5.92 Å². The molecule has 0 bridgehead atoms. The van der Waals surface area contributed by atoms with Crippen molar-refractivity contribution in [3.8, 4) is 11.3 Å². The number of hydrogen-bond acceptors (Lipinski definition) is 4. The summed E-state index contributed by atoms with van der Waals surface area (Å²) in [7, 11) is 0. The molecule has 0 aliphatic carbocycles. The summed E-state index contributed by atoms with van der Waals surface area (Å²) in [5.74, 6) is -1.73. The summed E-state index contributed by atoms with van der Waals surface area (Å²) in [6, 6.07) is 15.6. The quantitative estimate of drug-likeness (QED) is 0.297. The lowest BCUT2D eigenvalue weighted by atomic mass is 9.94. The number of piperidine rings is 1. The second kappa shape index (κ2) is 12.5. The molecule has 0 saturated carbocycles. The van der Waals surface area contributed by atoms with Crippen molar-refractivity contribution >= 4 is 17.6 Å². The van der Waals surface area contributed by atoms with E-state index in [9.17, 15) is 27.9 Å². The Labute approximate surface area is 232 Å².